The summed E-state index contributed by atoms with van der Waals surface area (Å²) in [6.07, 6.45) is 20.1. The smallest absolute Gasteiger partial charge is 0.0209 e. The van der Waals surface area contributed by atoms with Gasteiger partial charge in [-0.05, 0) is 12.8 Å². The normalized spacial score (nSPS) is 12.8. The van der Waals surface area contributed by atoms with Crippen LogP contribution in [0.3, 0.4) is 0 Å². The van der Waals surface area contributed by atoms with Crippen LogP contribution in [0, 0.1) is 0 Å². The van der Waals surface area contributed by atoms with Gasteiger partial charge in [-0.2, -0.15) is 0 Å². The molecule has 0 bridgehead atoms. The van der Waals surface area contributed by atoms with E-state index in [9.17, 15) is 8.76 Å². The highest BCUT2D eigenvalue weighted by Crippen LogP contribution is 2.11. The second-order valence-corrected chi connectivity index (χ2v) is 8.05. The standard InChI is InChI=1S/C20H43NO2S/c1-3-5-7-9-11-13-15-17-19-21(24(22)23)20-18-16-14-12-10-8-6-4-2/h3-20H2,1-2H3,(H,22,23)/p-1. The lowest BCUT2D eigenvalue weighted by atomic mass is 10.1. The zero-order chi connectivity index (χ0) is 17.9. The van der Waals surface area contributed by atoms with Crippen LogP contribution in [0.2, 0.25) is 0 Å². The predicted molar refractivity (Wildman–Crippen MR) is 106 cm³/mol. The molecule has 0 aromatic heterocycles. The Labute approximate surface area is 154 Å². The average molecular weight is 361 g/mol. The van der Waals surface area contributed by atoms with E-state index >= 15 is 0 Å². The molecule has 146 valence electrons. The van der Waals surface area contributed by atoms with E-state index < -0.39 is 11.3 Å². The molecule has 0 fully saturated rings. The Morgan fingerprint density at radius 2 is 0.875 bits per heavy atom. The van der Waals surface area contributed by atoms with E-state index in [4.69, 9.17) is 0 Å². The first kappa shape index (κ1) is 24.1. The molecule has 4 heteroatoms. The minimum absolute atomic E-state index is 0.710. The summed E-state index contributed by atoms with van der Waals surface area (Å²) in [4.78, 5) is 0. The van der Waals surface area contributed by atoms with E-state index in [0.29, 0.717) is 13.1 Å². The molecular weight excluding hydrogens is 318 g/mol. The lowest BCUT2D eigenvalue weighted by Crippen LogP contribution is -2.28. The van der Waals surface area contributed by atoms with Gasteiger partial charge in [0.05, 0.1) is 0 Å². The van der Waals surface area contributed by atoms with Gasteiger partial charge < -0.3 is 4.55 Å². The molecule has 0 saturated carbocycles. The Balaban J connectivity index is 3.49. The Bertz CT molecular complexity index is 254. The number of unbranched alkanes of at least 4 members (excludes halogenated alkanes) is 14. The Morgan fingerprint density at radius 1 is 0.583 bits per heavy atom. The third-order valence-corrected chi connectivity index (χ3v) is 5.52. The zero-order valence-corrected chi connectivity index (χ0v) is 17.2. The second kappa shape index (κ2) is 19.4. The summed E-state index contributed by atoms with van der Waals surface area (Å²) >= 11 is -2.04. The zero-order valence-electron chi connectivity index (χ0n) is 16.4. The van der Waals surface area contributed by atoms with Crippen molar-refractivity contribution in [1.29, 1.82) is 0 Å². The van der Waals surface area contributed by atoms with Gasteiger partial charge in [-0.3, -0.25) is 4.21 Å². The van der Waals surface area contributed by atoms with Crippen LogP contribution >= 0.6 is 0 Å². The maximum absolute atomic E-state index is 11.3. The van der Waals surface area contributed by atoms with Gasteiger partial charge in [0, 0.05) is 24.4 Å². The highest BCUT2D eigenvalue weighted by Gasteiger charge is 2.04. The van der Waals surface area contributed by atoms with Crippen LogP contribution in [0.5, 0.6) is 0 Å². The van der Waals surface area contributed by atoms with Crippen LogP contribution < -0.4 is 0 Å². The molecule has 0 aromatic rings. The van der Waals surface area contributed by atoms with Crippen LogP contribution in [0.4, 0.5) is 0 Å². The van der Waals surface area contributed by atoms with Crippen LogP contribution in [0.1, 0.15) is 117 Å². The summed E-state index contributed by atoms with van der Waals surface area (Å²) in [5.74, 6) is 0. The topological polar surface area (TPSA) is 43.4 Å². The van der Waals surface area contributed by atoms with Crippen molar-refractivity contribution in [3.63, 3.8) is 0 Å². The Morgan fingerprint density at radius 3 is 1.17 bits per heavy atom. The van der Waals surface area contributed by atoms with Crippen molar-refractivity contribution in [2.75, 3.05) is 13.1 Å². The molecule has 0 aliphatic heterocycles. The molecule has 0 saturated heterocycles. The maximum atomic E-state index is 11.3. The van der Waals surface area contributed by atoms with Crippen LogP contribution in [-0.4, -0.2) is 26.2 Å². The molecule has 0 rings (SSSR count). The number of hydrogen-bond donors (Lipinski definition) is 0. The number of nitrogens with zero attached hydrogens (tertiary/aromatic N) is 1. The van der Waals surface area contributed by atoms with Gasteiger partial charge >= 0.3 is 0 Å². The molecule has 0 radical (unpaired) electrons. The van der Waals surface area contributed by atoms with Crippen LogP contribution in [0.25, 0.3) is 0 Å². The van der Waals surface area contributed by atoms with Gasteiger partial charge in [0.2, 0.25) is 0 Å². The lowest BCUT2D eigenvalue weighted by Gasteiger charge is -2.24. The summed E-state index contributed by atoms with van der Waals surface area (Å²) in [7, 11) is 0. The van der Waals surface area contributed by atoms with Crippen molar-refractivity contribution in [3.05, 3.63) is 0 Å². The number of hydrogen-bond acceptors (Lipinski definition) is 2. The van der Waals surface area contributed by atoms with E-state index in [0.717, 1.165) is 25.7 Å². The van der Waals surface area contributed by atoms with Gasteiger partial charge in [0.1, 0.15) is 0 Å². The minimum Gasteiger partial charge on any atom is -0.760 e. The van der Waals surface area contributed by atoms with Crippen LogP contribution in [-0.2, 0) is 11.3 Å². The maximum Gasteiger partial charge on any atom is 0.0209 e. The average Bonchev–Trinajstić information content (AvgIpc) is 2.57. The van der Waals surface area contributed by atoms with Crippen molar-refractivity contribution >= 4 is 11.3 Å². The lowest BCUT2D eigenvalue weighted by molar-refractivity contribution is 0.366. The van der Waals surface area contributed by atoms with Gasteiger partial charge in [0.15, 0.2) is 0 Å². The third-order valence-electron chi connectivity index (χ3n) is 4.73. The van der Waals surface area contributed by atoms with E-state index in [1.54, 1.807) is 4.31 Å². The van der Waals surface area contributed by atoms with Crippen molar-refractivity contribution < 1.29 is 8.76 Å². The van der Waals surface area contributed by atoms with Crippen LogP contribution in [0.15, 0.2) is 0 Å². The summed E-state index contributed by atoms with van der Waals surface area (Å²) in [5, 5.41) is 0. The largest absolute Gasteiger partial charge is 0.760 e. The molecule has 0 aromatic carbocycles. The molecule has 0 spiro atoms. The van der Waals surface area contributed by atoms with Gasteiger partial charge in [-0.15, -0.1) is 0 Å². The fourth-order valence-electron chi connectivity index (χ4n) is 3.10. The Hall–Kier alpha value is 0.0700. The molecule has 0 aliphatic carbocycles. The molecule has 0 N–H and O–H groups in total. The predicted octanol–water partition coefficient (Wildman–Crippen LogP) is 6.36. The number of rotatable bonds is 19. The van der Waals surface area contributed by atoms with E-state index in [1.807, 2.05) is 0 Å². The SMILES string of the molecule is CCCCCCCCCCN(CCCCCCCCCC)S(=O)[O-]. The van der Waals surface area contributed by atoms with E-state index in [1.165, 1.54) is 77.0 Å². The van der Waals surface area contributed by atoms with Gasteiger partial charge in [0.25, 0.3) is 0 Å². The molecule has 0 heterocycles. The summed E-state index contributed by atoms with van der Waals surface area (Å²) in [6.45, 7) is 5.90. The first-order valence-electron chi connectivity index (χ1n) is 10.6. The fourth-order valence-corrected chi connectivity index (χ4v) is 3.66. The molecule has 1 atom stereocenters. The van der Waals surface area contributed by atoms with Gasteiger partial charge in [-0.1, -0.05) is 104 Å². The first-order chi connectivity index (χ1) is 11.7. The van der Waals surface area contributed by atoms with Crippen molar-refractivity contribution in [1.82, 2.24) is 4.31 Å². The van der Waals surface area contributed by atoms with Crippen molar-refractivity contribution in [3.8, 4) is 0 Å². The Kier molecular flexibility index (Phi) is 19.5. The first-order valence-corrected chi connectivity index (χ1v) is 11.6. The van der Waals surface area contributed by atoms with Crippen molar-refractivity contribution in [2.45, 2.75) is 117 Å². The van der Waals surface area contributed by atoms with E-state index in [2.05, 4.69) is 13.8 Å². The minimum atomic E-state index is -2.04. The summed E-state index contributed by atoms with van der Waals surface area (Å²) < 4.78 is 24.2. The van der Waals surface area contributed by atoms with E-state index in [-0.39, 0.29) is 0 Å². The molecule has 1 unspecified atom stereocenters. The third kappa shape index (κ3) is 16.9. The second-order valence-electron chi connectivity index (χ2n) is 7.10. The fraction of sp³-hybridized carbons (Fsp3) is 1.00. The van der Waals surface area contributed by atoms with Gasteiger partial charge in [-0.25, -0.2) is 4.31 Å². The molecule has 24 heavy (non-hydrogen) atoms. The monoisotopic (exact) mass is 360 g/mol. The summed E-state index contributed by atoms with van der Waals surface area (Å²) in [5.41, 5.74) is 0. The van der Waals surface area contributed by atoms with Crippen molar-refractivity contribution in [2.24, 2.45) is 0 Å². The highest BCUT2D eigenvalue weighted by molar-refractivity contribution is 7.76. The molecule has 3 nitrogen and oxygen atoms in total. The molecular formula is C20H42NO2S-. The molecule has 0 amide bonds. The quantitative estimate of drug-likeness (QED) is 0.198. The molecule has 0 aliphatic rings. The summed E-state index contributed by atoms with van der Waals surface area (Å²) in [6, 6.07) is 0. The highest BCUT2D eigenvalue weighted by atomic mass is 32.2.